The molecule has 96 valence electrons. The maximum Gasteiger partial charge on any atom is 0.0459 e. The number of hydrogen-bond acceptors (Lipinski definition) is 2. The van der Waals surface area contributed by atoms with E-state index in [0.29, 0.717) is 12.6 Å². The zero-order valence-corrected chi connectivity index (χ0v) is 11.8. The van der Waals surface area contributed by atoms with Crippen LogP contribution in [0.25, 0.3) is 0 Å². The van der Waals surface area contributed by atoms with Gasteiger partial charge in [0.1, 0.15) is 0 Å². The van der Waals surface area contributed by atoms with Gasteiger partial charge in [-0.15, -0.1) is 0 Å². The van der Waals surface area contributed by atoms with Crippen molar-refractivity contribution < 1.29 is 0 Å². The minimum absolute atomic E-state index is 0.560. The third-order valence-electron chi connectivity index (χ3n) is 3.36. The Morgan fingerprint density at radius 3 is 2.47 bits per heavy atom. The summed E-state index contributed by atoms with van der Waals surface area (Å²) in [5, 5.41) is 0.825. The number of nitrogens with zero attached hydrogens (tertiary/aromatic N) is 1. The van der Waals surface area contributed by atoms with E-state index in [1.54, 1.807) is 0 Å². The molecule has 0 aromatic heterocycles. The summed E-state index contributed by atoms with van der Waals surface area (Å²) < 4.78 is 0. The lowest BCUT2D eigenvalue weighted by Crippen LogP contribution is -2.31. The summed E-state index contributed by atoms with van der Waals surface area (Å²) in [6.07, 6.45) is 3.11. The first-order valence-corrected chi connectivity index (χ1v) is 6.73. The first-order chi connectivity index (χ1) is 8.15. The van der Waals surface area contributed by atoms with Crippen LogP contribution in [0.3, 0.4) is 0 Å². The van der Waals surface area contributed by atoms with Gasteiger partial charge < -0.3 is 10.6 Å². The molecule has 0 atom stereocenters. The van der Waals surface area contributed by atoms with Gasteiger partial charge in [-0.3, -0.25) is 0 Å². The summed E-state index contributed by atoms with van der Waals surface area (Å²) in [5.41, 5.74) is 8.05. The van der Waals surface area contributed by atoms with Gasteiger partial charge in [-0.05, 0) is 43.5 Å². The molecule has 0 unspecified atom stereocenters. The fourth-order valence-electron chi connectivity index (χ4n) is 2.30. The quantitative estimate of drug-likeness (QED) is 0.842. The van der Waals surface area contributed by atoms with Gasteiger partial charge in [0, 0.05) is 23.8 Å². The molecule has 1 aromatic carbocycles. The molecule has 1 rings (SSSR count). The largest absolute Gasteiger partial charge is 0.371 e. The van der Waals surface area contributed by atoms with E-state index < -0.39 is 0 Å². The lowest BCUT2D eigenvalue weighted by Gasteiger charge is -2.30. The standard InChI is InChI=1S/C14H23ClN2/c1-4-11(5-2)17(3)14-8-6-7-13(15)12(14)9-10-16/h6-8,11H,4-5,9-10,16H2,1-3H3. The minimum atomic E-state index is 0.560. The summed E-state index contributed by atoms with van der Waals surface area (Å²) in [6, 6.07) is 6.65. The van der Waals surface area contributed by atoms with E-state index in [1.807, 2.05) is 12.1 Å². The van der Waals surface area contributed by atoms with Gasteiger partial charge in [-0.2, -0.15) is 0 Å². The number of anilines is 1. The summed E-state index contributed by atoms with van der Waals surface area (Å²) >= 11 is 6.26. The predicted octanol–water partition coefficient (Wildman–Crippen LogP) is 3.47. The van der Waals surface area contributed by atoms with Crippen LogP contribution in [0.2, 0.25) is 5.02 Å². The smallest absolute Gasteiger partial charge is 0.0459 e. The molecular formula is C14H23ClN2. The molecule has 0 aliphatic carbocycles. The average molecular weight is 255 g/mol. The van der Waals surface area contributed by atoms with Crippen molar-refractivity contribution in [2.24, 2.45) is 5.73 Å². The van der Waals surface area contributed by atoms with Crippen molar-refractivity contribution >= 4 is 17.3 Å². The second-order valence-electron chi connectivity index (χ2n) is 4.36. The topological polar surface area (TPSA) is 29.3 Å². The number of nitrogens with two attached hydrogens (primary N) is 1. The average Bonchev–Trinajstić information content (AvgIpc) is 2.33. The third kappa shape index (κ3) is 3.36. The van der Waals surface area contributed by atoms with Gasteiger partial charge in [0.2, 0.25) is 0 Å². The fraction of sp³-hybridized carbons (Fsp3) is 0.571. The monoisotopic (exact) mass is 254 g/mol. The highest BCUT2D eigenvalue weighted by atomic mass is 35.5. The molecule has 0 saturated carbocycles. The van der Waals surface area contributed by atoms with Gasteiger partial charge >= 0.3 is 0 Å². The molecule has 0 bridgehead atoms. The molecule has 17 heavy (non-hydrogen) atoms. The highest BCUT2D eigenvalue weighted by Crippen LogP contribution is 2.29. The van der Waals surface area contributed by atoms with Gasteiger partial charge in [0.05, 0.1) is 0 Å². The Hall–Kier alpha value is -0.730. The Labute approximate surface area is 110 Å². The van der Waals surface area contributed by atoms with Crippen LogP contribution in [0.15, 0.2) is 18.2 Å². The van der Waals surface area contributed by atoms with E-state index in [4.69, 9.17) is 17.3 Å². The van der Waals surface area contributed by atoms with Gasteiger partial charge in [0.15, 0.2) is 0 Å². The highest BCUT2D eigenvalue weighted by Gasteiger charge is 2.15. The summed E-state index contributed by atoms with van der Waals surface area (Å²) in [5.74, 6) is 0. The normalized spacial score (nSPS) is 10.9. The Morgan fingerprint density at radius 2 is 1.94 bits per heavy atom. The molecule has 0 aliphatic rings. The van der Waals surface area contributed by atoms with Crippen LogP contribution in [0.4, 0.5) is 5.69 Å². The Bertz CT molecular complexity index is 348. The second-order valence-corrected chi connectivity index (χ2v) is 4.76. The SMILES string of the molecule is CCC(CC)N(C)c1cccc(Cl)c1CCN. The van der Waals surface area contributed by atoms with Crippen molar-refractivity contribution in [2.45, 2.75) is 39.2 Å². The van der Waals surface area contributed by atoms with Crippen LogP contribution in [0, 0.1) is 0 Å². The Kier molecular flexibility index (Phi) is 5.79. The van der Waals surface area contributed by atoms with Gasteiger partial charge in [0.25, 0.3) is 0 Å². The van der Waals surface area contributed by atoms with Crippen LogP contribution < -0.4 is 10.6 Å². The van der Waals surface area contributed by atoms with Crippen molar-refractivity contribution in [3.8, 4) is 0 Å². The van der Waals surface area contributed by atoms with Crippen LogP contribution in [-0.4, -0.2) is 19.6 Å². The van der Waals surface area contributed by atoms with Crippen molar-refractivity contribution in [1.82, 2.24) is 0 Å². The minimum Gasteiger partial charge on any atom is -0.371 e. The van der Waals surface area contributed by atoms with Crippen LogP contribution in [-0.2, 0) is 6.42 Å². The molecule has 3 heteroatoms. The molecular weight excluding hydrogens is 232 g/mol. The van der Waals surface area contributed by atoms with Crippen LogP contribution in [0.1, 0.15) is 32.3 Å². The molecule has 0 fully saturated rings. The van der Waals surface area contributed by atoms with E-state index in [-0.39, 0.29) is 0 Å². The number of hydrogen-bond donors (Lipinski definition) is 1. The van der Waals surface area contributed by atoms with Gasteiger partial charge in [-0.25, -0.2) is 0 Å². The van der Waals surface area contributed by atoms with Crippen LogP contribution >= 0.6 is 11.6 Å². The fourth-order valence-corrected chi connectivity index (χ4v) is 2.57. The summed E-state index contributed by atoms with van der Waals surface area (Å²) in [7, 11) is 2.14. The first-order valence-electron chi connectivity index (χ1n) is 6.35. The molecule has 0 radical (unpaired) electrons. The maximum absolute atomic E-state index is 6.26. The maximum atomic E-state index is 6.26. The predicted molar refractivity (Wildman–Crippen MR) is 77.0 cm³/mol. The van der Waals surface area contributed by atoms with E-state index >= 15 is 0 Å². The van der Waals surface area contributed by atoms with Crippen molar-refractivity contribution in [2.75, 3.05) is 18.5 Å². The van der Waals surface area contributed by atoms with Crippen molar-refractivity contribution in [3.05, 3.63) is 28.8 Å². The number of benzene rings is 1. The Balaban J connectivity index is 3.07. The second kappa shape index (κ2) is 6.87. The first kappa shape index (κ1) is 14.3. The highest BCUT2D eigenvalue weighted by molar-refractivity contribution is 6.31. The van der Waals surface area contributed by atoms with E-state index in [9.17, 15) is 0 Å². The Morgan fingerprint density at radius 1 is 1.29 bits per heavy atom. The van der Waals surface area contributed by atoms with Crippen LogP contribution in [0.5, 0.6) is 0 Å². The van der Waals surface area contributed by atoms with E-state index in [1.165, 1.54) is 11.3 Å². The van der Waals surface area contributed by atoms with E-state index in [2.05, 4.69) is 31.9 Å². The van der Waals surface area contributed by atoms with Crippen molar-refractivity contribution in [1.29, 1.82) is 0 Å². The molecule has 0 spiro atoms. The zero-order valence-electron chi connectivity index (χ0n) is 11.0. The lowest BCUT2D eigenvalue weighted by atomic mass is 10.1. The lowest BCUT2D eigenvalue weighted by molar-refractivity contribution is 0.590. The molecule has 2 N–H and O–H groups in total. The molecule has 0 amide bonds. The summed E-state index contributed by atoms with van der Waals surface area (Å²) in [6.45, 7) is 5.07. The molecule has 0 saturated heterocycles. The molecule has 0 aliphatic heterocycles. The summed E-state index contributed by atoms with van der Waals surface area (Å²) in [4.78, 5) is 2.33. The number of rotatable bonds is 6. The third-order valence-corrected chi connectivity index (χ3v) is 3.71. The van der Waals surface area contributed by atoms with Crippen molar-refractivity contribution in [3.63, 3.8) is 0 Å². The molecule has 0 heterocycles. The molecule has 1 aromatic rings. The van der Waals surface area contributed by atoms with Gasteiger partial charge in [-0.1, -0.05) is 31.5 Å². The van der Waals surface area contributed by atoms with E-state index in [0.717, 1.165) is 24.3 Å². The zero-order chi connectivity index (χ0) is 12.8. The number of halogens is 1. The molecule has 2 nitrogen and oxygen atoms in total.